The molecular weight excluding hydrogens is 256 g/mol. The van der Waals surface area contributed by atoms with E-state index in [-0.39, 0.29) is 11.9 Å². The van der Waals surface area contributed by atoms with Gasteiger partial charge in [0.15, 0.2) is 0 Å². The van der Waals surface area contributed by atoms with Crippen molar-refractivity contribution in [3.63, 3.8) is 0 Å². The Bertz CT molecular complexity index is 345. The standard InChI is InChI=1S/C11H15BrN2O/c1-3-7(2)14-11(15)8-4-9(12)6-10(13)5-8/h4-7H,3,13H2,1-2H3,(H,14,15). The molecule has 1 aromatic carbocycles. The van der Waals surface area contributed by atoms with E-state index in [0.717, 1.165) is 10.9 Å². The molecular formula is C11H15BrN2O. The molecule has 4 heteroatoms. The van der Waals surface area contributed by atoms with Gasteiger partial charge in [-0.15, -0.1) is 0 Å². The summed E-state index contributed by atoms with van der Waals surface area (Å²) in [6.45, 7) is 4.00. The molecule has 0 fully saturated rings. The number of carbonyl (C=O) groups is 1. The van der Waals surface area contributed by atoms with Gasteiger partial charge in [-0.3, -0.25) is 4.79 Å². The molecule has 0 aliphatic heterocycles. The van der Waals surface area contributed by atoms with Crippen molar-refractivity contribution in [2.24, 2.45) is 0 Å². The van der Waals surface area contributed by atoms with Crippen LogP contribution in [0, 0.1) is 0 Å². The van der Waals surface area contributed by atoms with Crippen LogP contribution in [-0.2, 0) is 0 Å². The fourth-order valence-electron chi connectivity index (χ4n) is 1.15. The second-order valence-corrected chi connectivity index (χ2v) is 4.47. The topological polar surface area (TPSA) is 55.1 Å². The smallest absolute Gasteiger partial charge is 0.251 e. The van der Waals surface area contributed by atoms with Crippen molar-refractivity contribution in [3.8, 4) is 0 Å². The van der Waals surface area contributed by atoms with Gasteiger partial charge in [0, 0.05) is 21.8 Å². The Hall–Kier alpha value is -1.03. The lowest BCUT2D eigenvalue weighted by Crippen LogP contribution is -2.31. The van der Waals surface area contributed by atoms with Crippen molar-refractivity contribution in [3.05, 3.63) is 28.2 Å². The molecule has 0 spiro atoms. The van der Waals surface area contributed by atoms with Gasteiger partial charge in [0.2, 0.25) is 0 Å². The van der Waals surface area contributed by atoms with Crippen LogP contribution in [0.4, 0.5) is 5.69 Å². The monoisotopic (exact) mass is 270 g/mol. The maximum atomic E-state index is 11.7. The number of carbonyl (C=O) groups excluding carboxylic acids is 1. The van der Waals surface area contributed by atoms with E-state index in [1.54, 1.807) is 18.2 Å². The molecule has 0 radical (unpaired) electrons. The molecule has 1 unspecified atom stereocenters. The van der Waals surface area contributed by atoms with Crippen molar-refractivity contribution in [1.82, 2.24) is 5.32 Å². The molecule has 1 aromatic rings. The molecule has 15 heavy (non-hydrogen) atoms. The summed E-state index contributed by atoms with van der Waals surface area (Å²) in [4.78, 5) is 11.7. The number of hydrogen-bond acceptors (Lipinski definition) is 2. The number of nitrogens with two attached hydrogens (primary N) is 1. The quantitative estimate of drug-likeness (QED) is 0.830. The van der Waals surface area contributed by atoms with Crippen LogP contribution < -0.4 is 11.1 Å². The van der Waals surface area contributed by atoms with E-state index in [4.69, 9.17) is 5.73 Å². The molecule has 1 amide bonds. The minimum atomic E-state index is -0.0858. The van der Waals surface area contributed by atoms with Crippen LogP contribution in [0.1, 0.15) is 30.6 Å². The highest BCUT2D eigenvalue weighted by Crippen LogP contribution is 2.17. The normalized spacial score (nSPS) is 12.2. The molecule has 0 aromatic heterocycles. The van der Waals surface area contributed by atoms with Crippen molar-refractivity contribution in [2.45, 2.75) is 26.3 Å². The molecule has 3 nitrogen and oxygen atoms in total. The van der Waals surface area contributed by atoms with Crippen molar-refractivity contribution >= 4 is 27.5 Å². The summed E-state index contributed by atoms with van der Waals surface area (Å²) in [5.74, 6) is -0.0858. The molecule has 0 aliphatic rings. The summed E-state index contributed by atoms with van der Waals surface area (Å²) in [6, 6.07) is 5.37. The maximum Gasteiger partial charge on any atom is 0.251 e. The summed E-state index contributed by atoms with van der Waals surface area (Å²) in [7, 11) is 0. The highest BCUT2D eigenvalue weighted by molar-refractivity contribution is 9.10. The Kier molecular flexibility index (Phi) is 4.15. The van der Waals surface area contributed by atoms with Gasteiger partial charge in [-0.1, -0.05) is 22.9 Å². The lowest BCUT2D eigenvalue weighted by molar-refractivity contribution is 0.0939. The number of anilines is 1. The zero-order chi connectivity index (χ0) is 11.4. The van der Waals surface area contributed by atoms with E-state index in [1.165, 1.54) is 0 Å². The second-order valence-electron chi connectivity index (χ2n) is 3.56. The van der Waals surface area contributed by atoms with Gasteiger partial charge < -0.3 is 11.1 Å². The second kappa shape index (κ2) is 5.16. The van der Waals surface area contributed by atoms with E-state index in [1.807, 2.05) is 13.8 Å². The third-order valence-corrected chi connectivity index (χ3v) is 2.63. The van der Waals surface area contributed by atoms with Crippen LogP contribution in [-0.4, -0.2) is 11.9 Å². The van der Waals surface area contributed by atoms with E-state index in [0.29, 0.717) is 11.3 Å². The highest BCUT2D eigenvalue weighted by Gasteiger charge is 2.09. The highest BCUT2D eigenvalue weighted by atomic mass is 79.9. The summed E-state index contributed by atoms with van der Waals surface area (Å²) < 4.78 is 0.816. The molecule has 0 heterocycles. The predicted molar refractivity (Wildman–Crippen MR) is 65.8 cm³/mol. The Labute approximate surface area is 98.2 Å². The first kappa shape index (κ1) is 12.0. The Morgan fingerprint density at radius 3 is 2.73 bits per heavy atom. The number of nitrogen functional groups attached to an aromatic ring is 1. The molecule has 0 bridgehead atoms. The number of halogens is 1. The molecule has 0 saturated carbocycles. The van der Waals surface area contributed by atoms with Crippen LogP contribution in [0.5, 0.6) is 0 Å². The fraction of sp³-hybridized carbons (Fsp3) is 0.364. The Balaban J connectivity index is 2.82. The Morgan fingerprint density at radius 1 is 1.53 bits per heavy atom. The first-order chi connectivity index (χ1) is 7.02. The largest absolute Gasteiger partial charge is 0.399 e. The van der Waals surface area contributed by atoms with E-state index in [2.05, 4.69) is 21.2 Å². The third kappa shape index (κ3) is 3.55. The number of amides is 1. The minimum absolute atomic E-state index is 0.0858. The zero-order valence-electron chi connectivity index (χ0n) is 8.88. The van der Waals surface area contributed by atoms with Gasteiger partial charge in [-0.2, -0.15) is 0 Å². The van der Waals surface area contributed by atoms with Gasteiger partial charge in [-0.05, 0) is 31.5 Å². The lowest BCUT2D eigenvalue weighted by Gasteiger charge is -2.11. The molecule has 1 atom stereocenters. The van der Waals surface area contributed by atoms with E-state index < -0.39 is 0 Å². The average Bonchev–Trinajstić information content (AvgIpc) is 2.16. The average molecular weight is 271 g/mol. The summed E-state index contributed by atoms with van der Waals surface area (Å²) in [5, 5.41) is 2.88. The lowest BCUT2D eigenvalue weighted by atomic mass is 10.1. The molecule has 3 N–H and O–H groups in total. The van der Waals surface area contributed by atoms with Crippen molar-refractivity contribution in [2.75, 3.05) is 5.73 Å². The SMILES string of the molecule is CCC(C)NC(=O)c1cc(N)cc(Br)c1. The first-order valence-corrected chi connectivity index (χ1v) is 5.69. The predicted octanol–water partition coefficient (Wildman–Crippen LogP) is 2.56. The van der Waals surface area contributed by atoms with Crippen molar-refractivity contribution in [1.29, 1.82) is 0 Å². The number of benzene rings is 1. The van der Waals surface area contributed by atoms with Crippen LogP contribution in [0.2, 0.25) is 0 Å². The van der Waals surface area contributed by atoms with Crippen LogP contribution >= 0.6 is 15.9 Å². The molecule has 0 saturated heterocycles. The van der Waals surface area contributed by atoms with Crippen LogP contribution in [0.15, 0.2) is 22.7 Å². The van der Waals surface area contributed by atoms with Crippen LogP contribution in [0.3, 0.4) is 0 Å². The Morgan fingerprint density at radius 2 is 2.20 bits per heavy atom. The summed E-state index contributed by atoms with van der Waals surface area (Å²) in [5.41, 5.74) is 6.82. The molecule has 0 aliphatic carbocycles. The zero-order valence-corrected chi connectivity index (χ0v) is 10.5. The van der Waals surface area contributed by atoms with Gasteiger partial charge in [0.1, 0.15) is 0 Å². The van der Waals surface area contributed by atoms with Gasteiger partial charge in [0.05, 0.1) is 0 Å². The van der Waals surface area contributed by atoms with Gasteiger partial charge in [0.25, 0.3) is 5.91 Å². The first-order valence-electron chi connectivity index (χ1n) is 4.90. The van der Waals surface area contributed by atoms with E-state index in [9.17, 15) is 4.79 Å². The van der Waals surface area contributed by atoms with Gasteiger partial charge >= 0.3 is 0 Å². The number of nitrogens with one attached hydrogen (secondary N) is 1. The van der Waals surface area contributed by atoms with Crippen LogP contribution in [0.25, 0.3) is 0 Å². The molecule has 1 rings (SSSR count). The van der Waals surface area contributed by atoms with E-state index >= 15 is 0 Å². The van der Waals surface area contributed by atoms with Crippen molar-refractivity contribution < 1.29 is 4.79 Å². The molecule has 82 valence electrons. The summed E-state index contributed by atoms with van der Waals surface area (Å²) >= 11 is 3.30. The number of rotatable bonds is 3. The van der Waals surface area contributed by atoms with Gasteiger partial charge in [-0.25, -0.2) is 0 Å². The number of hydrogen-bond donors (Lipinski definition) is 2. The fourth-order valence-corrected chi connectivity index (χ4v) is 1.66. The minimum Gasteiger partial charge on any atom is -0.399 e. The third-order valence-electron chi connectivity index (χ3n) is 2.17. The maximum absolute atomic E-state index is 11.7. The summed E-state index contributed by atoms with van der Waals surface area (Å²) in [6.07, 6.45) is 0.912.